The molecule has 13 heavy (non-hydrogen) atoms. The zero-order valence-electron chi connectivity index (χ0n) is 7.84. The van der Waals surface area contributed by atoms with Crippen LogP contribution in [0.3, 0.4) is 0 Å². The number of ether oxygens (including phenoxy) is 1. The van der Waals surface area contributed by atoms with Gasteiger partial charge in [0.15, 0.2) is 0 Å². The normalized spacial score (nSPS) is 30.3. The minimum Gasteiger partial charge on any atom is -0.550 e. The first kappa shape index (κ1) is 11.5. The maximum atomic E-state index is 10.5. The molecule has 2 fully saturated rings. The molecule has 1 N–H and O–H groups in total. The van der Waals surface area contributed by atoms with Gasteiger partial charge in [-0.15, -0.1) is 0 Å². The number of piperidine rings is 1. The average Bonchev–Trinajstić information content (AvgIpc) is 2.02. The van der Waals surface area contributed by atoms with Gasteiger partial charge in [0.05, 0.1) is 18.8 Å². The predicted molar refractivity (Wildman–Crippen MR) is 39.3 cm³/mol. The molecule has 2 heterocycles. The number of carboxylic acid groups (broad SMARTS) is 1. The topological polar surface area (TPSA) is 61.4 Å². The van der Waals surface area contributed by atoms with Crippen LogP contribution in [0.4, 0.5) is 0 Å². The molecule has 2 saturated heterocycles. The second-order valence-electron chi connectivity index (χ2n) is 3.71. The molecule has 4 nitrogen and oxygen atoms in total. The van der Waals surface area contributed by atoms with Gasteiger partial charge in [-0.3, -0.25) is 0 Å². The van der Waals surface area contributed by atoms with E-state index < -0.39 is 5.97 Å². The van der Waals surface area contributed by atoms with Crippen LogP contribution < -0.4 is 40.0 Å². The molecule has 0 amide bonds. The molecule has 0 aromatic rings. The van der Waals surface area contributed by atoms with Crippen molar-refractivity contribution in [3.8, 4) is 0 Å². The minimum atomic E-state index is -0.933. The molecule has 0 radical (unpaired) electrons. The molecule has 0 saturated carbocycles. The molecule has 68 valence electrons. The van der Waals surface area contributed by atoms with Crippen molar-refractivity contribution in [1.29, 1.82) is 0 Å². The van der Waals surface area contributed by atoms with Gasteiger partial charge in [0.1, 0.15) is 0 Å². The molecule has 1 spiro atoms. The van der Waals surface area contributed by atoms with Crippen LogP contribution in [0.1, 0.15) is 12.8 Å². The van der Waals surface area contributed by atoms with Gasteiger partial charge in [-0.2, -0.15) is 0 Å². The van der Waals surface area contributed by atoms with Crippen molar-refractivity contribution < 1.29 is 44.2 Å². The van der Waals surface area contributed by atoms with Crippen LogP contribution in [0.15, 0.2) is 0 Å². The van der Waals surface area contributed by atoms with E-state index >= 15 is 0 Å². The Morgan fingerprint density at radius 2 is 2.23 bits per heavy atom. The maximum Gasteiger partial charge on any atom is 1.00 e. The number of carboxylic acids is 1. The van der Waals surface area contributed by atoms with Crippen molar-refractivity contribution in [2.75, 3.05) is 19.8 Å². The summed E-state index contributed by atoms with van der Waals surface area (Å²) in [6.07, 6.45) is 1.62. The Morgan fingerprint density at radius 1 is 1.54 bits per heavy atom. The van der Waals surface area contributed by atoms with Gasteiger partial charge in [-0.25, -0.2) is 0 Å². The van der Waals surface area contributed by atoms with Crippen molar-refractivity contribution in [3.05, 3.63) is 0 Å². The van der Waals surface area contributed by atoms with Crippen LogP contribution in [0.25, 0.3) is 0 Å². The summed E-state index contributed by atoms with van der Waals surface area (Å²) in [5, 5.41) is 13.7. The quantitative estimate of drug-likeness (QED) is 0.426. The Kier molecular flexibility index (Phi) is 3.77. The van der Waals surface area contributed by atoms with Gasteiger partial charge < -0.3 is 20.0 Å². The van der Waals surface area contributed by atoms with E-state index in [9.17, 15) is 9.90 Å². The molecule has 1 unspecified atom stereocenters. The first-order valence-corrected chi connectivity index (χ1v) is 4.25. The monoisotopic (exact) mass is 193 g/mol. The predicted octanol–water partition coefficient (Wildman–Crippen LogP) is -4.49. The van der Waals surface area contributed by atoms with Crippen LogP contribution in [-0.2, 0) is 9.53 Å². The molecule has 2 aliphatic heterocycles. The number of rotatable bonds is 1. The summed E-state index contributed by atoms with van der Waals surface area (Å²) in [6.45, 7) is 1.99. The van der Waals surface area contributed by atoms with Crippen LogP contribution in [-0.4, -0.2) is 31.3 Å². The van der Waals surface area contributed by atoms with Gasteiger partial charge in [0, 0.05) is 18.4 Å². The van der Waals surface area contributed by atoms with E-state index in [1.807, 2.05) is 0 Å². The van der Waals surface area contributed by atoms with Gasteiger partial charge in [-0.05, 0) is 12.8 Å². The fraction of sp³-hybridized carbons (Fsp3) is 0.875. The van der Waals surface area contributed by atoms with E-state index in [0.29, 0.717) is 6.54 Å². The third-order valence-electron chi connectivity index (χ3n) is 2.78. The third kappa shape index (κ3) is 2.25. The summed E-state index contributed by atoms with van der Waals surface area (Å²) >= 11 is 0. The summed E-state index contributed by atoms with van der Waals surface area (Å²) < 4.78 is 5.09. The van der Waals surface area contributed by atoms with Crippen LogP contribution in [0.5, 0.6) is 0 Å². The zero-order chi connectivity index (χ0) is 8.60. The molecule has 0 bridgehead atoms. The Balaban J connectivity index is 0.000000845. The second-order valence-corrected chi connectivity index (χ2v) is 3.71. The van der Waals surface area contributed by atoms with Crippen LogP contribution in [0, 0.1) is 5.92 Å². The SMILES string of the molecule is O=C([O-])C1CCC2(COC2)NC1.[Na+]. The summed E-state index contributed by atoms with van der Waals surface area (Å²) in [4.78, 5) is 10.5. The number of hydrogen-bond donors (Lipinski definition) is 1. The van der Waals surface area contributed by atoms with Crippen LogP contribution in [0.2, 0.25) is 0 Å². The number of nitrogens with one attached hydrogen (secondary N) is 1. The molecular weight excluding hydrogens is 181 g/mol. The molecule has 2 aliphatic rings. The van der Waals surface area contributed by atoms with Crippen molar-refractivity contribution in [3.63, 3.8) is 0 Å². The number of carbonyl (C=O) groups excluding carboxylic acids is 1. The summed E-state index contributed by atoms with van der Waals surface area (Å²) in [7, 11) is 0. The van der Waals surface area contributed by atoms with Gasteiger partial charge in [0.2, 0.25) is 0 Å². The summed E-state index contributed by atoms with van der Waals surface area (Å²) in [6, 6.07) is 0. The molecule has 0 aromatic carbocycles. The molecule has 2 rings (SSSR count). The number of hydrogen-bond acceptors (Lipinski definition) is 4. The second kappa shape index (κ2) is 4.28. The molecule has 0 aliphatic carbocycles. The smallest absolute Gasteiger partial charge is 0.550 e. The molecule has 1 atom stereocenters. The Bertz CT molecular complexity index is 196. The summed E-state index contributed by atoms with van der Waals surface area (Å²) in [5.74, 6) is -1.24. The first-order chi connectivity index (χ1) is 5.72. The standard InChI is InChI=1S/C8H13NO3.Na/c10-7(11)6-1-2-8(9-3-6)4-12-5-8;/h6,9H,1-5H2,(H,10,11);/q;+1/p-1. The zero-order valence-corrected chi connectivity index (χ0v) is 9.84. The number of carbonyl (C=O) groups is 1. The van der Waals surface area contributed by atoms with Gasteiger partial charge >= 0.3 is 29.6 Å². The minimum absolute atomic E-state index is 0. The largest absolute Gasteiger partial charge is 1.00 e. The van der Waals surface area contributed by atoms with Crippen LogP contribution >= 0.6 is 0 Å². The van der Waals surface area contributed by atoms with Crippen molar-refractivity contribution in [2.24, 2.45) is 5.92 Å². The van der Waals surface area contributed by atoms with Gasteiger partial charge in [-0.1, -0.05) is 0 Å². The van der Waals surface area contributed by atoms with E-state index in [-0.39, 0.29) is 41.0 Å². The van der Waals surface area contributed by atoms with E-state index in [2.05, 4.69) is 5.32 Å². The summed E-state index contributed by atoms with van der Waals surface area (Å²) in [5.41, 5.74) is 0.103. The van der Waals surface area contributed by atoms with E-state index in [1.165, 1.54) is 0 Å². The molecule has 0 aromatic heterocycles. The molecule has 5 heteroatoms. The molecular formula is C8H12NNaO3. The Hall–Kier alpha value is 0.390. The number of aliphatic carboxylic acids is 1. The van der Waals surface area contributed by atoms with E-state index in [4.69, 9.17) is 4.74 Å². The van der Waals surface area contributed by atoms with E-state index in [0.717, 1.165) is 26.1 Å². The maximum absolute atomic E-state index is 10.5. The average molecular weight is 193 g/mol. The Labute approximate surface area is 99.3 Å². The first-order valence-electron chi connectivity index (χ1n) is 4.25. The van der Waals surface area contributed by atoms with Gasteiger partial charge in [0.25, 0.3) is 0 Å². The van der Waals surface area contributed by atoms with Crippen molar-refractivity contribution >= 4 is 5.97 Å². The fourth-order valence-electron chi connectivity index (χ4n) is 1.78. The fourth-order valence-corrected chi connectivity index (χ4v) is 1.78. The van der Waals surface area contributed by atoms with E-state index in [1.54, 1.807) is 0 Å². The van der Waals surface area contributed by atoms with Crippen molar-refractivity contribution in [1.82, 2.24) is 5.32 Å². The van der Waals surface area contributed by atoms with Crippen molar-refractivity contribution in [2.45, 2.75) is 18.4 Å². The third-order valence-corrected chi connectivity index (χ3v) is 2.78. The Morgan fingerprint density at radius 3 is 2.54 bits per heavy atom.